The molecule has 0 radical (unpaired) electrons. The third kappa shape index (κ3) is 6.03. The van der Waals surface area contributed by atoms with Crippen LogP contribution in [0.5, 0.6) is 0 Å². The molecule has 0 heterocycles. The molecule has 0 nitrogen and oxygen atoms in total. The molecule has 0 spiro atoms. The number of halogens is 1. The lowest BCUT2D eigenvalue weighted by Gasteiger charge is -1.86. The van der Waals surface area contributed by atoms with Gasteiger partial charge in [-0.15, -0.1) is 11.6 Å². The summed E-state index contributed by atoms with van der Waals surface area (Å²) in [6.45, 7) is 4.05. The molecule has 1 atom stereocenters. The minimum absolute atomic E-state index is 0.194. The first-order valence-corrected chi connectivity index (χ1v) is 3.01. The van der Waals surface area contributed by atoms with Gasteiger partial charge in [0.15, 0.2) is 0 Å². The van der Waals surface area contributed by atoms with E-state index in [1.54, 1.807) is 0 Å². The zero-order valence-corrected chi connectivity index (χ0v) is 5.57. The fourth-order valence-corrected chi connectivity index (χ4v) is 0.426. The summed E-state index contributed by atoms with van der Waals surface area (Å²) in [7, 11) is 0. The van der Waals surface area contributed by atoms with Crippen molar-refractivity contribution in [2.24, 2.45) is 0 Å². The summed E-state index contributed by atoms with van der Waals surface area (Å²) in [6.07, 6.45) is 5.14. The van der Waals surface area contributed by atoms with Gasteiger partial charge in [-0.25, -0.2) is 0 Å². The van der Waals surface area contributed by atoms with Gasteiger partial charge in [-0.1, -0.05) is 19.1 Å². The zero-order chi connectivity index (χ0) is 5.70. The third-order valence-electron chi connectivity index (χ3n) is 0.637. The Kier molecular flexibility index (Phi) is 4.21. The molecular formula is C6H11Cl. The largest absolute Gasteiger partial charge is 0.119 e. The van der Waals surface area contributed by atoms with Crippen molar-refractivity contribution in [2.45, 2.75) is 25.6 Å². The lowest BCUT2D eigenvalue weighted by molar-refractivity contribution is 1.16. The number of hydrogen-bond donors (Lipinski definition) is 0. The molecule has 0 aromatic carbocycles. The molecule has 0 aliphatic heterocycles. The third-order valence-corrected chi connectivity index (χ3v) is 0.782. The Morgan fingerprint density at radius 1 is 1.71 bits per heavy atom. The second-order valence-corrected chi connectivity index (χ2v) is 2.20. The Morgan fingerprint density at radius 3 is 2.43 bits per heavy atom. The molecular weight excluding hydrogens is 108 g/mol. The van der Waals surface area contributed by atoms with E-state index in [9.17, 15) is 0 Å². The van der Waals surface area contributed by atoms with E-state index in [-0.39, 0.29) is 5.38 Å². The lowest BCUT2D eigenvalue weighted by Crippen LogP contribution is -1.78. The first-order valence-electron chi connectivity index (χ1n) is 2.58. The molecule has 0 fully saturated rings. The predicted octanol–water partition coefficient (Wildman–Crippen LogP) is 2.58. The Bertz CT molecular complexity index is 55.2. The molecule has 0 aliphatic rings. The van der Waals surface area contributed by atoms with E-state index < -0.39 is 0 Å². The van der Waals surface area contributed by atoms with Crippen molar-refractivity contribution >= 4 is 11.6 Å². The highest BCUT2D eigenvalue weighted by atomic mass is 35.5. The van der Waals surface area contributed by atoms with Crippen LogP contribution in [-0.4, -0.2) is 5.38 Å². The van der Waals surface area contributed by atoms with Gasteiger partial charge in [-0.2, -0.15) is 0 Å². The van der Waals surface area contributed by atoms with Crippen LogP contribution in [-0.2, 0) is 0 Å². The zero-order valence-electron chi connectivity index (χ0n) is 4.82. The molecule has 0 saturated carbocycles. The van der Waals surface area contributed by atoms with E-state index in [0.29, 0.717) is 0 Å². The highest BCUT2D eigenvalue weighted by molar-refractivity contribution is 6.21. The van der Waals surface area contributed by atoms with Gasteiger partial charge in [0.1, 0.15) is 0 Å². The first kappa shape index (κ1) is 7.03. The summed E-state index contributed by atoms with van der Waals surface area (Å²) >= 11 is 5.57. The summed E-state index contributed by atoms with van der Waals surface area (Å²) in [5.74, 6) is 0. The van der Waals surface area contributed by atoms with Crippen LogP contribution in [0.25, 0.3) is 0 Å². The van der Waals surface area contributed by atoms with E-state index in [1.165, 1.54) is 0 Å². The molecule has 1 unspecified atom stereocenters. The summed E-state index contributed by atoms with van der Waals surface area (Å²) in [4.78, 5) is 0. The molecule has 0 aromatic heterocycles. The van der Waals surface area contributed by atoms with E-state index in [2.05, 4.69) is 13.0 Å². The number of allylic oxidation sites excluding steroid dienone is 2. The van der Waals surface area contributed by atoms with Crippen molar-refractivity contribution in [3.63, 3.8) is 0 Å². The van der Waals surface area contributed by atoms with Crippen molar-refractivity contribution in [3.05, 3.63) is 12.2 Å². The Balaban J connectivity index is 3.08. The molecule has 0 aromatic rings. The van der Waals surface area contributed by atoms with Crippen LogP contribution >= 0.6 is 11.6 Å². The van der Waals surface area contributed by atoms with Gasteiger partial charge in [-0.3, -0.25) is 0 Å². The van der Waals surface area contributed by atoms with Crippen molar-refractivity contribution in [2.75, 3.05) is 0 Å². The van der Waals surface area contributed by atoms with E-state index >= 15 is 0 Å². The molecule has 0 saturated heterocycles. The lowest BCUT2D eigenvalue weighted by atomic mass is 10.3. The van der Waals surface area contributed by atoms with Crippen molar-refractivity contribution in [1.82, 2.24) is 0 Å². The van der Waals surface area contributed by atoms with E-state index in [4.69, 9.17) is 11.6 Å². The summed E-state index contributed by atoms with van der Waals surface area (Å²) in [5, 5.41) is 0.194. The summed E-state index contributed by atoms with van der Waals surface area (Å²) < 4.78 is 0. The smallest absolute Gasteiger partial charge is 0.0487 e. The Morgan fingerprint density at radius 2 is 2.29 bits per heavy atom. The number of rotatable bonds is 2. The van der Waals surface area contributed by atoms with Crippen molar-refractivity contribution < 1.29 is 0 Å². The van der Waals surface area contributed by atoms with Crippen LogP contribution in [0.15, 0.2) is 12.2 Å². The molecule has 0 amide bonds. The van der Waals surface area contributed by atoms with Crippen LogP contribution in [0.1, 0.15) is 20.3 Å². The minimum Gasteiger partial charge on any atom is -0.119 e. The molecule has 0 aliphatic carbocycles. The first-order chi connectivity index (χ1) is 3.27. The standard InChI is InChI=1S/C6H11Cl/c1-3-4-5-6(2)7/h4-6H,3H2,1-2H3. The van der Waals surface area contributed by atoms with Crippen LogP contribution in [0.4, 0.5) is 0 Å². The Hall–Kier alpha value is 0.0300. The van der Waals surface area contributed by atoms with E-state index in [0.717, 1.165) is 6.42 Å². The minimum atomic E-state index is 0.194. The summed E-state index contributed by atoms with van der Waals surface area (Å²) in [5.41, 5.74) is 0. The average Bonchev–Trinajstić information content (AvgIpc) is 1.61. The fraction of sp³-hybridized carbons (Fsp3) is 0.667. The Labute approximate surface area is 50.2 Å². The van der Waals surface area contributed by atoms with Gasteiger partial charge in [0, 0.05) is 5.38 Å². The van der Waals surface area contributed by atoms with Crippen molar-refractivity contribution in [1.29, 1.82) is 0 Å². The van der Waals surface area contributed by atoms with Gasteiger partial charge in [-0.05, 0) is 13.3 Å². The van der Waals surface area contributed by atoms with Crippen LogP contribution in [0, 0.1) is 0 Å². The van der Waals surface area contributed by atoms with Crippen LogP contribution in [0.2, 0.25) is 0 Å². The molecule has 0 bridgehead atoms. The SMILES string of the molecule is CCC=CC(C)Cl. The molecule has 7 heavy (non-hydrogen) atoms. The van der Waals surface area contributed by atoms with Gasteiger partial charge in [0.25, 0.3) is 0 Å². The maximum absolute atomic E-state index is 5.57. The van der Waals surface area contributed by atoms with Crippen LogP contribution in [0.3, 0.4) is 0 Å². The van der Waals surface area contributed by atoms with Gasteiger partial charge < -0.3 is 0 Å². The topological polar surface area (TPSA) is 0 Å². The monoisotopic (exact) mass is 118 g/mol. The molecule has 0 N–H and O–H groups in total. The van der Waals surface area contributed by atoms with Gasteiger partial charge in [0.05, 0.1) is 0 Å². The predicted molar refractivity (Wildman–Crippen MR) is 34.7 cm³/mol. The highest BCUT2D eigenvalue weighted by Gasteiger charge is 1.81. The average molecular weight is 119 g/mol. The quantitative estimate of drug-likeness (QED) is 0.386. The number of alkyl halides is 1. The van der Waals surface area contributed by atoms with Gasteiger partial charge in [0.2, 0.25) is 0 Å². The van der Waals surface area contributed by atoms with E-state index in [1.807, 2.05) is 13.0 Å². The molecule has 1 heteroatoms. The normalized spacial score (nSPS) is 15.3. The fourth-order valence-electron chi connectivity index (χ4n) is 0.324. The maximum atomic E-state index is 5.57. The highest BCUT2D eigenvalue weighted by Crippen LogP contribution is 1.94. The second-order valence-electron chi connectivity index (χ2n) is 1.51. The maximum Gasteiger partial charge on any atom is 0.0487 e. The number of hydrogen-bond acceptors (Lipinski definition) is 0. The van der Waals surface area contributed by atoms with Gasteiger partial charge >= 0.3 is 0 Å². The molecule has 42 valence electrons. The van der Waals surface area contributed by atoms with Crippen molar-refractivity contribution in [3.8, 4) is 0 Å². The molecule has 0 rings (SSSR count). The van der Waals surface area contributed by atoms with Crippen LogP contribution < -0.4 is 0 Å². The second kappa shape index (κ2) is 4.20. The summed E-state index contributed by atoms with van der Waals surface area (Å²) in [6, 6.07) is 0.